The van der Waals surface area contributed by atoms with Crippen molar-refractivity contribution in [1.82, 2.24) is 20.3 Å². The molecule has 2 atom stereocenters. The molecule has 0 aliphatic carbocycles. The molecular formula is C13H21N5O3S. The topological polar surface area (TPSA) is 140 Å². The highest BCUT2D eigenvalue weighted by Crippen LogP contribution is 2.14. The molecule has 0 radical (unpaired) electrons. The molecule has 2 rings (SSSR count). The first-order valence-corrected chi connectivity index (χ1v) is 8.30. The normalized spacial score (nSPS) is 14.3. The van der Waals surface area contributed by atoms with E-state index in [1.165, 1.54) is 0 Å². The van der Waals surface area contributed by atoms with Gasteiger partial charge < -0.3 is 26.2 Å². The maximum atomic E-state index is 11.7. The molecule has 122 valence electrons. The number of nitrogen functional groups attached to an aromatic ring is 1. The molecule has 0 aliphatic rings. The molecule has 0 bridgehead atoms. The van der Waals surface area contributed by atoms with Crippen LogP contribution in [0.25, 0.3) is 11.0 Å². The molecule has 0 aromatic carbocycles. The summed E-state index contributed by atoms with van der Waals surface area (Å²) in [7, 11) is 0. The van der Waals surface area contributed by atoms with E-state index in [0.29, 0.717) is 24.1 Å². The van der Waals surface area contributed by atoms with Gasteiger partial charge in [-0.3, -0.25) is 9.78 Å². The fourth-order valence-corrected chi connectivity index (χ4v) is 3.05. The van der Waals surface area contributed by atoms with Crippen LogP contribution in [0, 0.1) is 5.92 Å². The predicted octanol–water partition coefficient (Wildman–Crippen LogP) is -0.745. The van der Waals surface area contributed by atoms with E-state index < -0.39 is 6.10 Å². The Morgan fingerprint density at radius 2 is 2.32 bits per heavy atom. The van der Waals surface area contributed by atoms with Crippen LogP contribution in [0.1, 0.15) is 5.56 Å². The third kappa shape index (κ3) is 3.80. The third-order valence-electron chi connectivity index (χ3n) is 3.47. The fraction of sp³-hybridized carbons (Fsp3) is 0.538. The molecule has 0 saturated heterocycles. The van der Waals surface area contributed by atoms with Gasteiger partial charge in [-0.2, -0.15) is 11.8 Å². The Balaban J connectivity index is 2.04. The Labute approximate surface area is 131 Å². The van der Waals surface area contributed by atoms with E-state index in [1.807, 2.05) is 6.26 Å². The van der Waals surface area contributed by atoms with Crippen LogP contribution in [-0.4, -0.2) is 56.4 Å². The fourth-order valence-electron chi connectivity index (χ4n) is 2.28. The van der Waals surface area contributed by atoms with Gasteiger partial charge in [-0.1, -0.05) is 0 Å². The molecule has 8 nitrogen and oxygen atoms in total. The lowest BCUT2D eigenvalue weighted by molar-refractivity contribution is 0.0549. The number of nitrogens with zero attached hydrogens (tertiary/aromatic N) is 1. The van der Waals surface area contributed by atoms with E-state index >= 15 is 0 Å². The van der Waals surface area contributed by atoms with Crippen molar-refractivity contribution in [2.24, 2.45) is 5.92 Å². The summed E-state index contributed by atoms with van der Waals surface area (Å²) in [6, 6.07) is 0. The van der Waals surface area contributed by atoms with Crippen LogP contribution in [0.5, 0.6) is 0 Å². The quantitative estimate of drug-likeness (QED) is 0.375. The van der Waals surface area contributed by atoms with Gasteiger partial charge in [0.2, 0.25) is 5.95 Å². The van der Waals surface area contributed by atoms with Crippen LogP contribution in [0.2, 0.25) is 0 Å². The second kappa shape index (κ2) is 7.63. The van der Waals surface area contributed by atoms with Gasteiger partial charge in [0.1, 0.15) is 11.0 Å². The molecule has 0 unspecified atom stereocenters. The minimum atomic E-state index is -0.750. The van der Waals surface area contributed by atoms with Gasteiger partial charge in [0, 0.05) is 30.8 Å². The Kier molecular flexibility index (Phi) is 5.83. The zero-order valence-electron chi connectivity index (χ0n) is 12.3. The maximum Gasteiger partial charge on any atom is 0.276 e. The summed E-state index contributed by atoms with van der Waals surface area (Å²) >= 11 is 1.62. The maximum absolute atomic E-state index is 11.7. The summed E-state index contributed by atoms with van der Waals surface area (Å²) < 4.78 is 0. The molecule has 2 heterocycles. The molecule has 0 spiro atoms. The number of aromatic amines is 2. The monoisotopic (exact) mass is 327 g/mol. The zero-order valence-corrected chi connectivity index (χ0v) is 13.1. The van der Waals surface area contributed by atoms with E-state index in [-0.39, 0.29) is 24.0 Å². The van der Waals surface area contributed by atoms with Crippen LogP contribution >= 0.6 is 11.8 Å². The van der Waals surface area contributed by atoms with E-state index in [4.69, 9.17) is 10.8 Å². The van der Waals surface area contributed by atoms with E-state index in [9.17, 15) is 9.90 Å². The van der Waals surface area contributed by atoms with Gasteiger partial charge >= 0.3 is 0 Å². The van der Waals surface area contributed by atoms with Crippen molar-refractivity contribution in [2.75, 3.05) is 30.9 Å². The van der Waals surface area contributed by atoms with Gasteiger partial charge in [0.05, 0.1) is 12.7 Å². The molecule has 7 N–H and O–H groups in total. The lowest BCUT2D eigenvalue weighted by Gasteiger charge is -2.20. The number of nitrogens with two attached hydrogens (primary N) is 1. The number of aliphatic hydroxyl groups excluding tert-OH is 2. The van der Waals surface area contributed by atoms with Crippen molar-refractivity contribution in [3.63, 3.8) is 0 Å². The molecule has 0 amide bonds. The number of nitrogens with one attached hydrogen (secondary N) is 3. The Bertz CT molecular complexity index is 671. The van der Waals surface area contributed by atoms with Crippen molar-refractivity contribution in [2.45, 2.75) is 12.6 Å². The Hall–Kier alpha value is -1.55. The highest BCUT2D eigenvalue weighted by Gasteiger charge is 2.18. The van der Waals surface area contributed by atoms with Gasteiger partial charge in [-0.05, 0) is 12.0 Å². The number of rotatable bonds is 8. The van der Waals surface area contributed by atoms with Gasteiger partial charge in [-0.15, -0.1) is 0 Å². The number of thioether (sulfide) groups is 1. The van der Waals surface area contributed by atoms with Crippen LogP contribution in [0.15, 0.2) is 11.0 Å². The summed E-state index contributed by atoms with van der Waals surface area (Å²) in [5, 5.41) is 22.1. The largest absolute Gasteiger partial charge is 0.394 e. The van der Waals surface area contributed by atoms with Crippen LogP contribution in [0.4, 0.5) is 5.95 Å². The first-order valence-electron chi connectivity index (χ1n) is 6.91. The van der Waals surface area contributed by atoms with Crippen molar-refractivity contribution >= 4 is 28.7 Å². The standard InChI is InChI=1S/C13H21N5O3S/c1-22-6-8(9(20)5-19)3-15-2-7-4-16-11-10(7)17-13(14)18-12(11)21/h4,8-9,15-16,19-20H,2-3,5-6H2,1H3,(H3,14,17,18,21)/t8-,9+/m0/s1. The second-order valence-electron chi connectivity index (χ2n) is 5.08. The van der Waals surface area contributed by atoms with Gasteiger partial charge in [0.25, 0.3) is 5.56 Å². The van der Waals surface area contributed by atoms with Gasteiger partial charge in [-0.25, -0.2) is 4.98 Å². The molecule has 9 heteroatoms. The van der Waals surface area contributed by atoms with E-state index in [1.54, 1.807) is 18.0 Å². The summed E-state index contributed by atoms with van der Waals surface area (Å²) in [6.45, 7) is 0.778. The van der Waals surface area contributed by atoms with E-state index in [2.05, 4.69) is 20.3 Å². The third-order valence-corrected chi connectivity index (χ3v) is 4.23. The minimum absolute atomic E-state index is 0.0494. The van der Waals surface area contributed by atoms with Crippen LogP contribution < -0.4 is 16.6 Å². The number of fused-ring (bicyclic) bond motifs is 1. The average molecular weight is 327 g/mol. The summed E-state index contributed by atoms with van der Waals surface area (Å²) in [5.74, 6) is 0.772. The first-order chi connectivity index (χ1) is 10.6. The highest BCUT2D eigenvalue weighted by molar-refractivity contribution is 7.98. The highest BCUT2D eigenvalue weighted by atomic mass is 32.2. The number of aromatic nitrogens is 3. The Morgan fingerprint density at radius 3 is 3.00 bits per heavy atom. The summed E-state index contributed by atoms with van der Waals surface area (Å²) in [6.07, 6.45) is 2.92. The number of hydrogen-bond donors (Lipinski definition) is 6. The van der Waals surface area contributed by atoms with Crippen molar-refractivity contribution in [3.8, 4) is 0 Å². The van der Waals surface area contributed by atoms with Crippen LogP contribution in [-0.2, 0) is 6.54 Å². The predicted molar refractivity (Wildman–Crippen MR) is 87.8 cm³/mol. The molecule has 22 heavy (non-hydrogen) atoms. The number of H-pyrrole nitrogens is 2. The summed E-state index contributed by atoms with van der Waals surface area (Å²) in [4.78, 5) is 21.2. The smallest absolute Gasteiger partial charge is 0.276 e. The SMILES string of the molecule is CSC[C@H](CNCc1c[nH]c2c(=O)[nH]c(N)nc12)[C@H](O)CO. The minimum Gasteiger partial charge on any atom is -0.394 e. The summed E-state index contributed by atoms with van der Waals surface area (Å²) in [5.41, 5.74) is 7.02. The second-order valence-corrected chi connectivity index (χ2v) is 6.00. The first kappa shape index (κ1) is 16.8. The zero-order chi connectivity index (χ0) is 16.1. The van der Waals surface area contributed by atoms with Crippen molar-refractivity contribution in [3.05, 3.63) is 22.1 Å². The lowest BCUT2D eigenvalue weighted by atomic mass is 10.1. The number of hydrogen-bond acceptors (Lipinski definition) is 7. The van der Waals surface area contributed by atoms with Crippen molar-refractivity contribution in [1.29, 1.82) is 0 Å². The van der Waals surface area contributed by atoms with Crippen molar-refractivity contribution < 1.29 is 10.2 Å². The number of anilines is 1. The molecule has 0 saturated carbocycles. The number of aliphatic hydroxyl groups is 2. The molecule has 2 aromatic rings. The van der Waals surface area contributed by atoms with Gasteiger partial charge in [0.15, 0.2) is 0 Å². The van der Waals surface area contributed by atoms with Crippen LogP contribution in [0.3, 0.4) is 0 Å². The molecular weight excluding hydrogens is 306 g/mol. The average Bonchev–Trinajstić information content (AvgIpc) is 2.89. The molecule has 0 fully saturated rings. The lowest BCUT2D eigenvalue weighted by Crippen LogP contribution is -2.35. The molecule has 2 aromatic heterocycles. The molecule has 0 aliphatic heterocycles. The Morgan fingerprint density at radius 1 is 1.55 bits per heavy atom. The van der Waals surface area contributed by atoms with E-state index in [0.717, 1.165) is 11.3 Å².